The van der Waals surface area contributed by atoms with Crippen molar-refractivity contribution in [2.45, 2.75) is 30.3 Å². The highest BCUT2D eigenvalue weighted by Crippen LogP contribution is 2.33. The van der Waals surface area contributed by atoms with Gasteiger partial charge in [0, 0.05) is 0 Å². The molecule has 0 rings (SSSR count). The molecule has 0 aliphatic rings. The lowest BCUT2D eigenvalue weighted by atomic mass is 10.3. The molecule has 50 valence electrons. The number of alkyl halides is 2. The van der Waals surface area contributed by atoms with Crippen molar-refractivity contribution < 1.29 is 0 Å². The van der Waals surface area contributed by atoms with Crippen LogP contribution in [-0.2, 0) is 0 Å². The Morgan fingerprint density at radius 1 is 1.50 bits per heavy atom. The summed E-state index contributed by atoms with van der Waals surface area (Å²) in [6.45, 7) is 2.12. The van der Waals surface area contributed by atoms with E-state index in [2.05, 4.69) is 16.2 Å². The zero-order valence-corrected chi connectivity index (χ0v) is 7.62. The molecule has 0 radical (unpaired) electrons. The lowest BCUT2D eigenvalue weighted by Gasteiger charge is -2.10. The van der Waals surface area contributed by atoms with E-state index in [1.165, 1.54) is 0 Å². The van der Waals surface area contributed by atoms with Gasteiger partial charge in [-0.15, -0.1) is 0 Å². The molecule has 0 aliphatic heterocycles. The monoisotopic (exact) mass is 172 g/mol. The van der Waals surface area contributed by atoms with Crippen LogP contribution in [0.3, 0.4) is 0 Å². The van der Waals surface area contributed by atoms with Gasteiger partial charge in [-0.05, 0) is 6.42 Å². The van der Waals surface area contributed by atoms with Crippen molar-refractivity contribution >= 4 is 32.4 Å². The summed E-state index contributed by atoms with van der Waals surface area (Å²) in [6.07, 6.45) is 3.10. The molecule has 0 aromatic carbocycles. The Labute approximate surface area is 63.1 Å². The standard InChI is InChI=1S/C5H11Cl2P/c1-2-3-4-5(6,7)8/h2-4,8H2,1H3. The number of halogens is 2. The molecule has 1 unspecified atom stereocenters. The van der Waals surface area contributed by atoms with Gasteiger partial charge in [-0.2, -0.15) is 0 Å². The molecule has 8 heavy (non-hydrogen) atoms. The molecule has 0 saturated carbocycles. The molecule has 1 atom stereocenters. The van der Waals surface area contributed by atoms with Gasteiger partial charge in [-0.25, -0.2) is 0 Å². The zero-order valence-electron chi connectivity index (χ0n) is 4.95. The average molecular weight is 173 g/mol. The fourth-order valence-electron chi connectivity index (χ4n) is 0.412. The molecule has 0 spiro atoms. The van der Waals surface area contributed by atoms with Crippen LogP contribution in [0.1, 0.15) is 26.2 Å². The number of unbranched alkanes of at least 4 members (excludes halogenated alkanes) is 1. The minimum absolute atomic E-state index is 0.587. The lowest BCUT2D eigenvalue weighted by molar-refractivity contribution is 0.738. The molecule has 0 fully saturated rings. The number of hydrogen-bond donors (Lipinski definition) is 0. The molecular formula is C5H11Cl2P. The summed E-state index contributed by atoms with van der Waals surface area (Å²) in [5.74, 6) is 0. The Bertz CT molecular complexity index is 57.9. The van der Waals surface area contributed by atoms with Gasteiger partial charge < -0.3 is 0 Å². The Morgan fingerprint density at radius 3 is 2.12 bits per heavy atom. The van der Waals surface area contributed by atoms with Crippen molar-refractivity contribution in [2.75, 3.05) is 0 Å². The first kappa shape index (κ1) is 9.01. The predicted molar refractivity (Wildman–Crippen MR) is 43.7 cm³/mol. The topological polar surface area (TPSA) is 0 Å². The molecule has 0 heterocycles. The first-order chi connectivity index (χ1) is 3.56. The molecular weight excluding hydrogens is 162 g/mol. The summed E-state index contributed by atoms with van der Waals surface area (Å²) in [6, 6.07) is 0. The van der Waals surface area contributed by atoms with E-state index in [1.807, 2.05) is 0 Å². The summed E-state index contributed by atoms with van der Waals surface area (Å²) < 4.78 is -0.587. The van der Waals surface area contributed by atoms with Gasteiger partial charge >= 0.3 is 0 Å². The van der Waals surface area contributed by atoms with Crippen LogP contribution in [0.25, 0.3) is 0 Å². The maximum atomic E-state index is 5.64. The van der Waals surface area contributed by atoms with E-state index in [4.69, 9.17) is 23.2 Å². The quantitative estimate of drug-likeness (QED) is 0.454. The second-order valence-corrected chi connectivity index (χ2v) is 5.12. The highest BCUT2D eigenvalue weighted by atomic mass is 35.5. The molecule has 0 nitrogen and oxygen atoms in total. The van der Waals surface area contributed by atoms with E-state index in [0.29, 0.717) is 0 Å². The third kappa shape index (κ3) is 7.01. The Kier molecular flexibility index (Phi) is 4.42. The SMILES string of the molecule is CCCCC(P)(Cl)Cl. The summed E-state index contributed by atoms with van der Waals surface area (Å²) >= 11 is 11.3. The summed E-state index contributed by atoms with van der Waals surface area (Å²) in [4.78, 5) is 0. The van der Waals surface area contributed by atoms with E-state index >= 15 is 0 Å². The Balaban J connectivity index is 3.11. The molecule has 0 aromatic rings. The minimum atomic E-state index is -0.587. The van der Waals surface area contributed by atoms with Crippen molar-refractivity contribution in [1.82, 2.24) is 0 Å². The van der Waals surface area contributed by atoms with Crippen LogP contribution in [-0.4, -0.2) is 4.07 Å². The van der Waals surface area contributed by atoms with Gasteiger partial charge in [0.1, 0.15) is 4.07 Å². The van der Waals surface area contributed by atoms with Gasteiger partial charge in [-0.1, -0.05) is 52.2 Å². The van der Waals surface area contributed by atoms with Gasteiger partial charge in [0.05, 0.1) is 0 Å². The van der Waals surface area contributed by atoms with E-state index < -0.39 is 4.07 Å². The van der Waals surface area contributed by atoms with Gasteiger partial charge in [0.25, 0.3) is 0 Å². The maximum Gasteiger partial charge on any atom is 0.131 e. The predicted octanol–water partition coefficient (Wildman–Crippen LogP) is 3.18. The molecule has 0 saturated heterocycles. The van der Waals surface area contributed by atoms with Crippen molar-refractivity contribution in [1.29, 1.82) is 0 Å². The lowest BCUT2D eigenvalue weighted by Crippen LogP contribution is -1.98. The zero-order chi connectivity index (χ0) is 6.62. The van der Waals surface area contributed by atoms with E-state index in [9.17, 15) is 0 Å². The average Bonchev–Trinajstić information content (AvgIpc) is 1.59. The van der Waals surface area contributed by atoms with Crippen LogP contribution in [0.5, 0.6) is 0 Å². The number of hydrogen-bond acceptors (Lipinski definition) is 0. The van der Waals surface area contributed by atoms with Gasteiger partial charge in [-0.3, -0.25) is 0 Å². The maximum absolute atomic E-state index is 5.64. The van der Waals surface area contributed by atoms with Crippen LogP contribution >= 0.6 is 32.4 Å². The summed E-state index contributed by atoms with van der Waals surface area (Å²) in [5, 5.41) is 0. The molecule has 0 aliphatic carbocycles. The van der Waals surface area contributed by atoms with Crippen molar-refractivity contribution in [2.24, 2.45) is 0 Å². The first-order valence-electron chi connectivity index (χ1n) is 2.73. The molecule has 0 N–H and O–H groups in total. The van der Waals surface area contributed by atoms with E-state index in [0.717, 1.165) is 19.3 Å². The van der Waals surface area contributed by atoms with Crippen molar-refractivity contribution in [3.8, 4) is 0 Å². The highest BCUT2D eigenvalue weighted by Gasteiger charge is 2.13. The van der Waals surface area contributed by atoms with Gasteiger partial charge in [0.2, 0.25) is 0 Å². The van der Waals surface area contributed by atoms with E-state index in [1.54, 1.807) is 0 Å². The van der Waals surface area contributed by atoms with Crippen LogP contribution in [0.15, 0.2) is 0 Å². The fourth-order valence-corrected chi connectivity index (χ4v) is 0.884. The largest absolute Gasteiger partial charge is 0.131 e. The second-order valence-electron chi connectivity index (χ2n) is 1.86. The third-order valence-corrected chi connectivity index (χ3v) is 1.53. The third-order valence-electron chi connectivity index (χ3n) is 0.864. The molecule has 0 aromatic heterocycles. The molecule has 0 amide bonds. The van der Waals surface area contributed by atoms with E-state index in [-0.39, 0.29) is 0 Å². The van der Waals surface area contributed by atoms with Crippen LogP contribution in [0, 0.1) is 0 Å². The molecule has 0 bridgehead atoms. The normalized spacial score (nSPS) is 12.0. The minimum Gasteiger partial charge on any atom is -0.0988 e. The Morgan fingerprint density at radius 2 is 2.00 bits per heavy atom. The second kappa shape index (κ2) is 3.93. The smallest absolute Gasteiger partial charge is 0.0988 e. The van der Waals surface area contributed by atoms with Crippen molar-refractivity contribution in [3.63, 3.8) is 0 Å². The first-order valence-corrected chi connectivity index (χ1v) is 4.06. The number of rotatable bonds is 3. The molecule has 3 heteroatoms. The summed E-state index contributed by atoms with van der Waals surface area (Å²) in [7, 11) is 2.40. The van der Waals surface area contributed by atoms with Crippen molar-refractivity contribution in [3.05, 3.63) is 0 Å². The van der Waals surface area contributed by atoms with Crippen LogP contribution in [0.2, 0.25) is 0 Å². The Hall–Kier alpha value is 1.01. The van der Waals surface area contributed by atoms with Gasteiger partial charge in [0.15, 0.2) is 0 Å². The van der Waals surface area contributed by atoms with Crippen LogP contribution < -0.4 is 0 Å². The summed E-state index contributed by atoms with van der Waals surface area (Å²) in [5.41, 5.74) is 0. The highest BCUT2D eigenvalue weighted by molar-refractivity contribution is 7.27. The van der Waals surface area contributed by atoms with Crippen LogP contribution in [0.4, 0.5) is 0 Å². The fraction of sp³-hybridized carbons (Fsp3) is 1.00.